The fourth-order valence-corrected chi connectivity index (χ4v) is 5.16. The van der Waals surface area contributed by atoms with E-state index in [1.54, 1.807) is 12.1 Å². The lowest BCUT2D eigenvalue weighted by Gasteiger charge is -2.39. The second-order valence-corrected chi connectivity index (χ2v) is 9.68. The predicted octanol–water partition coefficient (Wildman–Crippen LogP) is 3.35. The number of hydrogen-bond donors (Lipinski definition) is 2. The summed E-state index contributed by atoms with van der Waals surface area (Å²) in [4.78, 5) is 17.6. The third-order valence-corrected chi connectivity index (χ3v) is 7.40. The van der Waals surface area contributed by atoms with Crippen molar-refractivity contribution in [2.45, 2.75) is 30.5 Å². The van der Waals surface area contributed by atoms with E-state index in [0.717, 1.165) is 55.1 Å². The molecule has 188 valence electrons. The minimum Gasteiger partial charge on any atom is -0.380 e. The average Bonchev–Trinajstić information content (AvgIpc) is 2.87. The van der Waals surface area contributed by atoms with E-state index in [-0.39, 0.29) is 25.0 Å². The largest absolute Gasteiger partial charge is 0.416 e. The number of piperidine rings is 1. The third kappa shape index (κ3) is 4.90. The van der Waals surface area contributed by atoms with Crippen LogP contribution in [0, 0.1) is 0 Å². The topological polar surface area (TPSA) is 65.0 Å². The SMILES string of the molecule is O=C(c1ccc(C2(O)COC2)cc1N1CCNCC1)N1CCC(c2ccc(C(F)(F)F)cc2)CC1. The number of carbonyl (C=O) groups excluding carboxylic acids is 1. The van der Waals surface area contributed by atoms with Gasteiger partial charge >= 0.3 is 6.18 Å². The maximum Gasteiger partial charge on any atom is 0.416 e. The fourth-order valence-electron chi connectivity index (χ4n) is 5.16. The molecule has 0 saturated carbocycles. The zero-order valence-corrected chi connectivity index (χ0v) is 19.5. The van der Waals surface area contributed by atoms with Crippen LogP contribution in [0.3, 0.4) is 0 Å². The molecule has 0 aliphatic carbocycles. The molecule has 2 N–H and O–H groups in total. The Balaban J connectivity index is 1.31. The van der Waals surface area contributed by atoms with Crippen LogP contribution in [0.2, 0.25) is 0 Å². The molecule has 3 saturated heterocycles. The van der Waals surface area contributed by atoms with Crippen LogP contribution in [0.4, 0.5) is 18.9 Å². The molecule has 0 radical (unpaired) electrons. The summed E-state index contributed by atoms with van der Waals surface area (Å²) in [5.74, 6) is 0.0806. The van der Waals surface area contributed by atoms with E-state index in [2.05, 4.69) is 10.2 Å². The molecular weight excluding hydrogens is 459 g/mol. The Hall–Kier alpha value is -2.62. The third-order valence-electron chi connectivity index (χ3n) is 7.40. The minimum atomic E-state index is -4.34. The molecule has 1 amide bonds. The number of piperazine rings is 1. The van der Waals surface area contributed by atoms with E-state index in [0.29, 0.717) is 31.5 Å². The van der Waals surface area contributed by atoms with E-state index < -0.39 is 17.3 Å². The first-order valence-corrected chi connectivity index (χ1v) is 12.1. The highest BCUT2D eigenvalue weighted by Crippen LogP contribution is 2.36. The first-order chi connectivity index (χ1) is 16.7. The Kier molecular flexibility index (Phi) is 6.50. The van der Waals surface area contributed by atoms with Crippen molar-refractivity contribution in [3.8, 4) is 0 Å². The van der Waals surface area contributed by atoms with Gasteiger partial charge in [-0.15, -0.1) is 0 Å². The molecule has 0 unspecified atom stereocenters. The summed E-state index contributed by atoms with van der Waals surface area (Å²) in [5.41, 5.74) is 1.44. The standard InChI is InChI=1S/C26H30F3N3O3/c27-26(28,29)20-3-1-18(2-4-20)19-7-11-32(12-8-19)24(33)22-6-5-21(25(34)16-35-17-25)15-23(22)31-13-9-30-10-14-31/h1-6,15,19,30,34H,7-14,16-17H2. The quantitative estimate of drug-likeness (QED) is 0.690. The Labute approximate surface area is 202 Å². The van der Waals surface area contributed by atoms with E-state index in [4.69, 9.17) is 4.74 Å². The summed E-state index contributed by atoms with van der Waals surface area (Å²) in [6.07, 6.45) is -2.93. The van der Waals surface area contributed by atoms with Gasteiger partial charge < -0.3 is 25.0 Å². The summed E-state index contributed by atoms with van der Waals surface area (Å²) in [5, 5.41) is 14.1. The molecule has 5 rings (SSSR count). The van der Waals surface area contributed by atoms with Crippen molar-refractivity contribution < 1.29 is 27.8 Å². The number of alkyl halides is 3. The number of nitrogens with zero attached hydrogens (tertiary/aromatic N) is 2. The number of benzene rings is 2. The van der Waals surface area contributed by atoms with E-state index in [9.17, 15) is 23.1 Å². The van der Waals surface area contributed by atoms with E-state index in [1.165, 1.54) is 0 Å². The molecular formula is C26H30F3N3O3. The van der Waals surface area contributed by atoms with Crippen LogP contribution >= 0.6 is 0 Å². The lowest BCUT2D eigenvalue weighted by Crippen LogP contribution is -2.47. The summed E-state index contributed by atoms with van der Waals surface area (Å²) in [7, 11) is 0. The van der Waals surface area contributed by atoms with E-state index >= 15 is 0 Å². The predicted molar refractivity (Wildman–Crippen MR) is 126 cm³/mol. The van der Waals surface area contributed by atoms with Crippen molar-refractivity contribution in [3.05, 3.63) is 64.7 Å². The highest BCUT2D eigenvalue weighted by Gasteiger charge is 2.39. The zero-order chi connectivity index (χ0) is 24.6. The van der Waals surface area contributed by atoms with Crippen molar-refractivity contribution in [2.75, 3.05) is 57.4 Å². The Morgan fingerprint density at radius 3 is 2.23 bits per heavy atom. The lowest BCUT2D eigenvalue weighted by atomic mass is 9.88. The average molecular weight is 490 g/mol. The molecule has 3 aliphatic heterocycles. The van der Waals surface area contributed by atoms with Gasteiger partial charge in [0.05, 0.1) is 24.3 Å². The van der Waals surface area contributed by atoms with Gasteiger partial charge in [-0.2, -0.15) is 13.2 Å². The first-order valence-electron chi connectivity index (χ1n) is 12.1. The van der Waals surface area contributed by atoms with Gasteiger partial charge in [0.25, 0.3) is 5.91 Å². The number of anilines is 1. The monoisotopic (exact) mass is 489 g/mol. The Morgan fingerprint density at radius 1 is 1.00 bits per heavy atom. The molecule has 0 atom stereocenters. The van der Waals surface area contributed by atoms with Crippen molar-refractivity contribution in [2.24, 2.45) is 0 Å². The van der Waals surface area contributed by atoms with E-state index in [1.807, 2.05) is 23.1 Å². The second-order valence-electron chi connectivity index (χ2n) is 9.68. The Morgan fingerprint density at radius 2 is 1.66 bits per heavy atom. The highest BCUT2D eigenvalue weighted by atomic mass is 19.4. The van der Waals surface area contributed by atoms with Gasteiger partial charge in [0.1, 0.15) is 5.60 Å². The number of ether oxygens (including phenoxy) is 1. The summed E-state index contributed by atoms with van der Waals surface area (Å²) in [6, 6.07) is 10.9. The van der Waals surface area contributed by atoms with Gasteiger partial charge in [0, 0.05) is 45.0 Å². The number of nitrogens with one attached hydrogen (secondary N) is 1. The number of halogens is 3. The summed E-state index contributed by atoms with van der Waals surface area (Å²) < 4.78 is 43.8. The van der Waals surface area contributed by atoms with Gasteiger partial charge in [-0.1, -0.05) is 18.2 Å². The first kappa shape index (κ1) is 24.1. The maximum absolute atomic E-state index is 13.6. The van der Waals surface area contributed by atoms with Crippen molar-refractivity contribution in [1.29, 1.82) is 0 Å². The van der Waals surface area contributed by atoms with Crippen LogP contribution in [0.1, 0.15) is 45.8 Å². The molecule has 3 fully saturated rings. The number of hydrogen-bond acceptors (Lipinski definition) is 5. The van der Waals surface area contributed by atoms with Gasteiger partial charge in [0.2, 0.25) is 0 Å². The van der Waals surface area contributed by atoms with Crippen molar-refractivity contribution in [1.82, 2.24) is 10.2 Å². The molecule has 2 aromatic rings. The number of likely N-dealkylation sites (tertiary alicyclic amines) is 1. The number of rotatable bonds is 4. The van der Waals surface area contributed by atoms with Crippen LogP contribution in [0.25, 0.3) is 0 Å². The van der Waals surface area contributed by atoms with Crippen molar-refractivity contribution >= 4 is 11.6 Å². The molecule has 6 nitrogen and oxygen atoms in total. The number of aliphatic hydroxyl groups is 1. The second kappa shape index (κ2) is 9.44. The van der Waals surface area contributed by atoms with Crippen LogP contribution in [0.15, 0.2) is 42.5 Å². The molecule has 3 heterocycles. The van der Waals surface area contributed by atoms with Gasteiger partial charge in [-0.05, 0) is 54.2 Å². The number of carbonyl (C=O) groups is 1. The van der Waals surface area contributed by atoms with Gasteiger partial charge in [0.15, 0.2) is 0 Å². The normalized spacial score (nSPS) is 21.0. The molecule has 0 aromatic heterocycles. The highest BCUT2D eigenvalue weighted by molar-refractivity contribution is 6.00. The molecule has 9 heteroatoms. The molecule has 2 aromatic carbocycles. The maximum atomic E-state index is 13.6. The fraction of sp³-hybridized carbons (Fsp3) is 0.500. The molecule has 0 spiro atoms. The molecule has 3 aliphatic rings. The van der Waals surface area contributed by atoms with Crippen LogP contribution in [-0.2, 0) is 16.5 Å². The Bertz CT molecular complexity index is 1060. The van der Waals surface area contributed by atoms with Crippen LogP contribution < -0.4 is 10.2 Å². The summed E-state index contributed by atoms with van der Waals surface area (Å²) in [6.45, 7) is 4.78. The molecule has 0 bridgehead atoms. The summed E-state index contributed by atoms with van der Waals surface area (Å²) >= 11 is 0. The van der Waals surface area contributed by atoms with Crippen molar-refractivity contribution in [3.63, 3.8) is 0 Å². The van der Waals surface area contributed by atoms with Crippen LogP contribution in [-0.4, -0.2) is 68.4 Å². The zero-order valence-electron chi connectivity index (χ0n) is 19.5. The minimum absolute atomic E-state index is 0.0483. The van der Waals surface area contributed by atoms with Gasteiger partial charge in [-0.25, -0.2) is 0 Å². The number of amides is 1. The lowest BCUT2D eigenvalue weighted by molar-refractivity contribution is -0.184. The molecule has 35 heavy (non-hydrogen) atoms. The van der Waals surface area contributed by atoms with Crippen LogP contribution in [0.5, 0.6) is 0 Å². The smallest absolute Gasteiger partial charge is 0.380 e. The van der Waals surface area contributed by atoms with Gasteiger partial charge in [-0.3, -0.25) is 4.79 Å².